The van der Waals surface area contributed by atoms with Gasteiger partial charge in [-0.15, -0.1) is 11.3 Å². The van der Waals surface area contributed by atoms with Crippen molar-refractivity contribution >= 4 is 11.3 Å². The Morgan fingerprint density at radius 3 is 2.65 bits per heavy atom. The zero-order valence-electron chi connectivity index (χ0n) is 12.2. The average Bonchev–Trinajstić information content (AvgIpc) is 2.95. The Balaban J connectivity index is 2.10. The highest BCUT2D eigenvalue weighted by atomic mass is 32.1. The Bertz CT molecular complexity index is 534. The number of benzene rings is 1. The molecule has 0 radical (unpaired) electrons. The van der Waals surface area contributed by atoms with Crippen LogP contribution in [0, 0.1) is 0 Å². The smallest absolute Gasteiger partial charge is 0.0959 e. The van der Waals surface area contributed by atoms with Crippen molar-refractivity contribution < 1.29 is 9.84 Å². The Labute approximate surface area is 124 Å². The summed E-state index contributed by atoms with van der Waals surface area (Å²) in [5.41, 5.74) is 1.56. The number of aromatic nitrogens is 1. The van der Waals surface area contributed by atoms with Crippen molar-refractivity contribution in [3.05, 3.63) is 40.7 Å². The van der Waals surface area contributed by atoms with E-state index in [4.69, 9.17) is 4.74 Å². The fraction of sp³-hybridized carbons (Fsp3) is 0.438. The number of ether oxygens (including phenoxy) is 1. The van der Waals surface area contributed by atoms with Crippen LogP contribution >= 0.6 is 11.3 Å². The van der Waals surface area contributed by atoms with Gasteiger partial charge < -0.3 is 9.84 Å². The largest absolute Gasteiger partial charge is 0.390 e. The molecule has 1 aromatic heterocycles. The van der Waals surface area contributed by atoms with Gasteiger partial charge in [0.25, 0.3) is 0 Å². The Morgan fingerprint density at radius 1 is 1.35 bits per heavy atom. The molecule has 0 fully saturated rings. The van der Waals surface area contributed by atoms with E-state index in [1.54, 1.807) is 18.4 Å². The zero-order valence-corrected chi connectivity index (χ0v) is 13.0. The minimum absolute atomic E-state index is 0.515. The van der Waals surface area contributed by atoms with E-state index in [1.165, 1.54) is 0 Å². The van der Waals surface area contributed by atoms with E-state index >= 15 is 0 Å². The van der Waals surface area contributed by atoms with Gasteiger partial charge in [-0.25, -0.2) is 4.98 Å². The lowest BCUT2D eigenvalue weighted by Crippen LogP contribution is -2.41. The van der Waals surface area contributed by atoms with E-state index in [0.717, 1.165) is 22.7 Å². The minimum atomic E-state index is -0.549. The molecule has 0 aliphatic rings. The fourth-order valence-corrected chi connectivity index (χ4v) is 2.89. The van der Waals surface area contributed by atoms with Crippen molar-refractivity contribution in [3.8, 4) is 11.3 Å². The Kier molecular flexibility index (Phi) is 4.91. The molecule has 0 saturated heterocycles. The van der Waals surface area contributed by atoms with Gasteiger partial charge in [0, 0.05) is 24.5 Å². The quantitative estimate of drug-likeness (QED) is 0.885. The molecule has 108 valence electrons. The van der Waals surface area contributed by atoms with Crippen LogP contribution in [0.25, 0.3) is 11.3 Å². The number of hydrogen-bond acceptors (Lipinski definition) is 4. The summed E-state index contributed by atoms with van der Waals surface area (Å²) in [5.74, 6) is 0. The van der Waals surface area contributed by atoms with E-state index in [-0.39, 0.29) is 0 Å². The second-order valence-corrected chi connectivity index (χ2v) is 6.03. The molecule has 1 N–H and O–H groups in total. The highest BCUT2D eigenvalue weighted by Crippen LogP contribution is 2.26. The molecule has 3 nitrogen and oxygen atoms in total. The molecule has 4 heteroatoms. The lowest BCUT2D eigenvalue weighted by molar-refractivity contribution is -0.0914. The first kappa shape index (κ1) is 15.2. The van der Waals surface area contributed by atoms with Crippen LogP contribution in [0.1, 0.15) is 25.3 Å². The molecule has 1 aromatic carbocycles. The molecule has 1 heterocycles. The predicted octanol–water partition coefficient (Wildman–Crippen LogP) is 3.53. The van der Waals surface area contributed by atoms with Crippen molar-refractivity contribution in [2.75, 3.05) is 7.11 Å². The molecule has 2 atom stereocenters. The maximum atomic E-state index is 10.3. The molecule has 0 aliphatic heterocycles. The standard InChI is InChI=1S/C16H21NO2S/c1-4-16(2,19-3)14(18)10-15-17-13(11-20-15)12-8-6-5-7-9-12/h5-9,11,14,18H,4,10H2,1-3H3. The predicted molar refractivity (Wildman–Crippen MR) is 83.0 cm³/mol. The van der Waals surface area contributed by atoms with Crippen LogP contribution < -0.4 is 0 Å². The highest BCUT2D eigenvalue weighted by Gasteiger charge is 2.31. The number of methoxy groups -OCH3 is 1. The van der Waals surface area contributed by atoms with Gasteiger partial charge >= 0.3 is 0 Å². The molecule has 0 saturated carbocycles. The van der Waals surface area contributed by atoms with E-state index < -0.39 is 11.7 Å². The molecule has 2 aromatic rings. The first-order chi connectivity index (χ1) is 9.59. The monoisotopic (exact) mass is 291 g/mol. The number of thiazole rings is 1. The molecule has 0 aliphatic carbocycles. The van der Waals surface area contributed by atoms with Crippen molar-refractivity contribution in [1.82, 2.24) is 4.98 Å². The summed E-state index contributed by atoms with van der Waals surface area (Å²) in [6.07, 6.45) is 0.740. The second kappa shape index (κ2) is 6.48. The van der Waals surface area contributed by atoms with Gasteiger partial charge in [0.1, 0.15) is 0 Å². The van der Waals surface area contributed by atoms with E-state index in [9.17, 15) is 5.11 Å². The summed E-state index contributed by atoms with van der Waals surface area (Å²) < 4.78 is 5.44. The highest BCUT2D eigenvalue weighted by molar-refractivity contribution is 7.09. The Morgan fingerprint density at radius 2 is 2.05 bits per heavy atom. The van der Waals surface area contributed by atoms with Gasteiger partial charge in [0.2, 0.25) is 0 Å². The van der Waals surface area contributed by atoms with Gasteiger partial charge in [0.15, 0.2) is 0 Å². The summed E-state index contributed by atoms with van der Waals surface area (Å²) in [7, 11) is 1.64. The first-order valence-corrected chi connectivity index (χ1v) is 7.70. The molecule has 2 unspecified atom stereocenters. The number of aliphatic hydroxyl groups is 1. The van der Waals surface area contributed by atoms with E-state index in [0.29, 0.717) is 6.42 Å². The summed E-state index contributed by atoms with van der Waals surface area (Å²) in [6.45, 7) is 3.95. The number of nitrogens with zero attached hydrogens (tertiary/aromatic N) is 1. The third-order valence-corrected chi connectivity index (χ3v) is 4.73. The topological polar surface area (TPSA) is 42.4 Å². The molecule has 20 heavy (non-hydrogen) atoms. The Hall–Kier alpha value is -1.23. The van der Waals surface area contributed by atoms with Crippen molar-refractivity contribution in [2.45, 2.75) is 38.4 Å². The van der Waals surface area contributed by atoms with Gasteiger partial charge in [-0.3, -0.25) is 0 Å². The maximum absolute atomic E-state index is 10.3. The molecule has 0 bridgehead atoms. The van der Waals surface area contributed by atoms with E-state index in [1.807, 2.05) is 49.6 Å². The first-order valence-electron chi connectivity index (χ1n) is 6.82. The van der Waals surface area contributed by atoms with Crippen LogP contribution in [0.2, 0.25) is 0 Å². The van der Waals surface area contributed by atoms with Gasteiger partial charge in [-0.2, -0.15) is 0 Å². The maximum Gasteiger partial charge on any atom is 0.0959 e. The third kappa shape index (κ3) is 3.26. The summed E-state index contributed by atoms with van der Waals surface area (Å²) in [6, 6.07) is 10.1. The lowest BCUT2D eigenvalue weighted by atomic mass is 9.93. The number of rotatable bonds is 6. The molecular formula is C16H21NO2S. The fourth-order valence-electron chi connectivity index (χ4n) is 2.04. The SMILES string of the molecule is CCC(C)(OC)C(O)Cc1nc(-c2ccccc2)cs1. The lowest BCUT2D eigenvalue weighted by Gasteiger charge is -2.31. The summed E-state index contributed by atoms with van der Waals surface area (Å²) in [5, 5.41) is 13.3. The second-order valence-electron chi connectivity index (χ2n) is 5.08. The average molecular weight is 291 g/mol. The van der Waals surface area contributed by atoms with Crippen LogP contribution in [0.4, 0.5) is 0 Å². The molecular weight excluding hydrogens is 270 g/mol. The molecule has 0 amide bonds. The van der Waals surface area contributed by atoms with Crippen molar-refractivity contribution in [1.29, 1.82) is 0 Å². The summed E-state index contributed by atoms with van der Waals surface area (Å²) in [4.78, 5) is 4.61. The summed E-state index contributed by atoms with van der Waals surface area (Å²) >= 11 is 1.58. The van der Waals surface area contributed by atoms with Crippen LogP contribution in [-0.4, -0.2) is 28.9 Å². The van der Waals surface area contributed by atoms with Crippen LogP contribution in [0.15, 0.2) is 35.7 Å². The number of aliphatic hydroxyl groups excluding tert-OH is 1. The molecule has 0 spiro atoms. The van der Waals surface area contributed by atoms with E-state index in [2.05, 4.69) is 4.98 Å². The third-order valence-electron chi connectivity index (χ3n) is 3.86. The van der Waals surface area contributed by atoms with Gasteiger partial charge in [-0.1, -0.05) is 37.3 Å². The van der Waals surface area contributed by atoms with Crippen LogP contribution in [0.5, 0.6) is 0 Å². The van der Waals surface area contributed by atoms with Crippen molar-refractivity contribution in [3.63, 3.8) is 0 Å². The van der Waals surface area contributed by atoms with Gasteiger partial charge in [0.05, 0.1) is 22.4 Å². The van der Waals surface area contributed by atoms with Gasteiger partial charge in [-0.05, 0) is 13.3 Å². The van der Waals surface area contributed by atoms with Crippen molar-refractivity contribution in [2.24, 2.45) is 0 Å². The normalized spacial score (nSPS) is 15.8. The number of hydrogen-bond donors (Lipinski definition) is 1. The molecule has 2 rings (SSSR count). The minimum Gasteiger partial charge on any atom is -0.390 e. The van der Waals surface area contributed by atoms with Crippen LogP contribution in [-0.2, 0) is 11.2 Å². The zero-order chi connectivity index (χ0) is 14.6. The van der Waals surface area contributed by atoms with Crippen LogP contribution in [0.3, 0.4) is 0 Å².